The predicted molar refractivity (Wildman–Crippen MR) is 56.3 cm³/mol. The van der Waals surface area contributed by atoms with Crippen molar-refractivity contribution in [2.75, 3.05) is 25.2 Å². The quantitative estimate of drug-likeness (QED) is 0.404. The first-order valence-electron chi connectivity index (χ1n) is 3.92. The van der Waals surface area contributed by atoms with Crippen molar-refractivity contribution in [3.63, 3.8) is 0 Å². The van der Waals surface area contributed by atoms with Crippen LogP contribution in [0.4, 0.5) is 0 Å². The van der Waals surface area contributed by atoms with Crippen molar-refractivity contribution >= 4 is 22.4 Å². The Bertz CT molecular complexity index is 161. The summed E-state index contributed by atoms with van der Waals surface area (Å²) in [6.45, 7) is 3.55. The fourth-order valence-corrected chi connectivity index (χ4v) is 1.11. The number of hydrogen-bond acceptors (Lipinski definition) is 2. The van der Waals surface area contributed by atoms with Crippen LogP contribution in [-0.2, 0) is 10.8 Å². The number of alkyl halides is 1. The van der Waals surface area contributed by atoms with Crippen molar-refractivity contribution in [3.05, 3.63) is 12.2 Å². The highest BCUT2D eigenvalue weighted by molar-refractivity contribution is 7.84. The first-order valence-corrected chi connectivity index (χ1v) is 6.08. The first kappa shape index (κ1) is 12.1. The molecule has 0 rings (SSSR count). The maximum atomic E-state index is 10.9. The van der Waals surface area contributed by atoms with E-state index in [1.807, 2.05) is 19.1 Å². The summed E-state index contributed by atoms with van der Waals surface area (Å²) in [5.74, 6) is 0.553. The lowest BCUT2D eigenvalue weighted by molar-refractivity contribution is 0.663. The van der Waals surface area contributed by atoms with Gasteiger partial charge >= 0.3 is 0 Å². The van der Waals surface area contributed by atoms with Gasteiger partial charge in [-0.15, -0.1) is 11.6 Å². The fraction of sp³-hybridized carbons (Fsp3) is 0.750. The lowest BCUT2D eigenvalue weighted by atomic mass is 10.4. The van der Waals surface area contributed by atoms with Gasteiger partial charge in [-0.2, -0.15) is 0 Å². The van der Waals surface area contributed by atoms with Crippen molar-refractivity contribution in [1.29, 1.82) is 0 Å². The van der Waals surface area contributed by atoms with Crippen LogP contribution in [0.15, 0.2) is 12.2 Å². The molecule has 1 N–H and O–H groups in total. The lowest BCUT2D eigenvalue weighted by Crippen LogP contribution is -2.27. The van der Waals surface area contributed by atoms with Crippen LogP contribution in [0.2, 0.25) is 0 Å². The molecule has 0 radical (unpaired) electrons. The van der Waals surface area contributed by atoms with Gasteiger partial charge in [-0.3, -0.25) is 4.21 Å². The molecular formula is C8H16ClNOS. The zero-order chi connectivity index (χ0) is 9.40. The van der Waals surface area contributed by atoms with Gasteiger partial charge in [0.1, 0.15) is 0 Å². The minimum Gasteiger partial charge on any atom is -0.312 e. The smallest absolute Gasteiger partial charge is 0.0441 e. The van der Waals surface area contributed by atoms with E-state index in [-0.39, 0.29) is 5.25 Å². The first-order chi connectivity index (χ1) is 5.68. The molecule has 2 nitrogen and oxygen atoms in total. The molecule has 0 spiro atoms. The molecule has 0 bridgehead atoms. The van der Waals surface area contributed by atoms with E-state index >= 15 is 0 Å². The second-order valence-electron chi connectivity index (χ2n) is 2.59. The Balaban J connectivity index is 3.31. The summed E-state index contributed by atoms with van der Waals surface area (Å²) < 4.78 is 10.9. The van der Waals surface area contributed by atoms with Gasteiger partial charge in [-0.1, -0.05) is 12.2 Å². The molecule has 0 aliphatic carbocycles. The molecule has 2 unspecified atom stereocenters. The average molecular weight is 210 g/mol. The average Bonchev–Trinajstić information content (AvgIpc) is 2.03. The van der Waals surface area contributed by atoms with Crippen molar-refractivity contribution in [2.45, 2.75) is 12.2 Å². The third-order valence-electron chi connectivity index (χ3n) is 1.52. The van der Waals surface area contributed by atoms with Crippen LogP contribution in [0, 0.1) is 0 Å². The van der Waals surface area contributed by atoms with Crippen LogP contribution in [0.5, 0.6) is 0 Å². The van der Waals surface area contributed by atoms with Crippen molar-refractivity contribution in [1.82, 2.24) is 5.32 Å². The Morgan fingerprint density at radius 1 is 1.58 bits per heavy atom. The molecule has 0 aliphatic heterocycles. The van der Waals surface area contributed by atoms with E-state index in [1.165, 1.54) is 0 Å². The van der Waals surface area contributed by atoms with Crippen LogP contribution >= 0.6 is 11.6 Å². The van der Waals surface area contributed by atoms with E-state index in [9.17, 15) is 4.21 Å². The Kier molecular flexibility index (Phi) is 7.86. The largest absolute Gasteiger partial charge is 0.312 e. The van der Waals surface area contributed by atoms with E-state index in [0.717, 1.165) is 13.1 Å². The molecule has 0 aliphatic rings. The molecule has 0 saturated carbocycles. The monoisotopic (exact) mass is 209 g/mol. The molecule has 0 amide bonds. The maximum Gasteiger partial charge on any atom is 0.0441 e. The highest BCUT2D eigenvalue weighted by Crippen LogP contribution is 1.89. The van der Waals surface area contributed by atoms with Gasteiger partial charge < -0.3 is 5.32 Å². The second-order valence-corrected chi connectivity index (χ2v) is 4.70. The zero-order valence-electron chi connectivity index (χ0n) is 7.55. The van der Waals surface area contributed by atoms with E-state index in [1.54, 1.807) is 6.26 Å². The van der Waals surface area contributed by atoms with Gasteiger partial charge in [0.25, 0.3) is 0 Å². The van der Waals surface area contributed by atoms with Gasteiger partial charge in [-0.05, 0) is 6.92 Å². The molecule has 0 aromatic rings. The van der Waals surface area contributed by atoms with Crippen LogP contribution < -0.4 is 5.32 Å². The zero-order valence-corrected chi connectivity index (χ0v) is 9.12. The normalized spacial score (nSPS) is 16.6. The molecule has 0 aromatic carbocycles. The number of allylic oxidation sites excluding steroid dienone is 1. The van der Waals surface area contributed by atoms with Crippen LogP contribution in [0.25, 0.3) is 0 Å². The molecular weight excluding hydrogens is 194 g/mol. The van der Waals surface area contributed by atoms with E-state index in [0.29, 0.717) is 5.88 Å². The number of nitrogens with one attached hydrogen (secondary N) is 1. The number of halogens is 1. The summed E-state index contributed by atoms with van der Waals surface area (Å²) in [4.78, 5) is 0. The summed E-state index contributed by atoms with van der Waals surface area (Å²) >= 11 is 5.43. The molecule has 12 heavy (non-hydrogen) atoms. The maximum absolute atomic E-state index is 10.9. The molecule has 72 valence electrons. The Hall–Kier alpha value is 0.140. The van der Waals surface area contributed by atoms with Gasteiger partial charge in [0, 0.05) is 41.3 Å². The summed E-state index contributed by atoms with van der Waals surface area (Å²) in [7, 11) is -0.730. The SMILES string of the molecule is CC(CNC/C=C/CCl)S(C)=O. The van der Waals surface area contributed by atoms with Crippen LogP contribution in [0.3, 0.4) is 0 Å². The standard InChI is InChI=1S/C8H16ClNOS/c1-8(12(2)11)7-10-6-4-3-5-9/h3-4,8,10H,5-7H2,1-2H3/b4-3+. The number of rotatable bonds is 6. The van der Waals surface area contributed by atoms with Gasteiger partial charge in [0.05, 0.1) is 0 Å². The van der Waals surface area contributed by atoms with Gasteiger partial charge in [0.2, 0.25) is 0 Å². The third kappa shape index (κ3) is 6.83. The highest BCUT2D eigenvalue weighted by atomic mass is 35.5. The van der Waals surface area contributed by atoms with E-state index in [2.05, 4.69) is 5.32 Å². The second kappa shape index (κ2) is 7.77. The molecule has 0 aromatic heterocycles. The lowest BCUT2D eigenvalue weighted by Gasteiger charge is -2.07. The molecule has 4 heteroatoms. The Morgan fingerprint density at radius 2 is 2.25 bits per heavy atom. The predicted octanol–water partition coefficient (Wildman–Crippen LogP) is 1.14. The van der Waals surface area contributed by atoms with Crippen molar-refractivity contribution in [2.24, 2.45) is 0 Å². The fourth-order valence-electron chi connectivity index (χ4n) is 0.634. The van der Waals surface area contributed by atoms with Crippen LogP contribution in [-0.4, -0.2) is 34.7 Å². The Labute approximate surface area is 81.8 Å². The van der Waals surface area contributed by atoms with Crippen molar-refractivity contribution < 1.29 is 4.21 Å². The molecule has 0 heterocycles. The molecule has 0 fully saturated rings. The summed E-state index contributed by atoms with van der Waals surface area (Å²) in [6, 6.07) is 0. The third-order valence-corrected chi connectivity index (χ3v) is 2.99. The number of hydrogen-bond donors (Lipinski definition) is 1. The molecule has 0 saturated heterocycles. The Morgan fingerprint density at radius 3 is 2.75 bits per heavy atom. The van der Waals surface area contributed by atoms with E-state index < -0.39 is 10.8 Å². The highest BCUT2D eigenvalue weighted by Gasteiger charge is 2.03. The van der Waals surface area contributed by atoms with Crippen molar-refractivity contribution in [3.8, 4) is 0 Å². The van der Waals surface area contributed by atoms with E-state index in [4.69, 9.17) is 11.6 Å². The summed E-state index contributed by atoms with van der Waals surface area (Å²) in [5.41, 5.74) is 0. The van der Waals surface area contributed by atoms with Gasteiger partial charge in [-0.25, -0.2) is 0 Å². The minimum absolute atomic E-state index is 0.217. The van der Waals surface area contributed by atoms with Crippen LogP contribution in [0.1, 0.15) is 6.92 Å². The summed E-state index contributed by atoms with van der Waals surface area (Å²) in [5, 5.41) is 3.38. The summed E-state index contributed by atoms with van der Waals surface area (Å²) in [6.07, 6.45) is 5.58. The molecule has 2 atom stereocenters. The minimum atomic E-state index is -0.730. The van der Waals surface area contributed by atoms with Gasteiger partial charge in [0.15, 0.2) is 0 Å². The topological polar surface area (TPSA) is 29.1 Å².